The highest BCUT2D eigenvalue weighted by Crippen LogP contribution is 2.18. The molecule has 0 spiro atoms. The fourth-order valence-electron chi connectivity index (χ4n) is 1.02. The summed E-state index contributed by atoms with van der Waals surface area (Å²) in [5, 5.41) is 0. The maximum absolute atomic E-state index is 12.8. The highest BCUT2D eigenvalue weighted by atomic mass is 79.9. The Hall–Kier alpha value is -0.700. The average molecular weight is 245 g/mol. The van der Waals surface area contributed by atoms with E-state index in [9.17, 15) is 9.18 Å². The third-order valence-corrected chi connectivity index (χ3v) is 2.56. The maximum atomic E-state index is 12.8. The van der Waals surface area contributed by atoms with Crippen LogP contribution in [0.15, 0.2) is 22.7 Å². The van der Waals surface area contributed by atoms with Crippen molar-refractivity contribution in [3.63, 3.8) is 0 Å². The molecule has 0 saturated heterocycles. The van der Waals surface area contributed by atoms with E-state index in [2.05, 4.69) is 15.9 Å². The molecule has 0 bridgehead atoms. The summed E-state index contributed by atoms with van der Waals surface area (Å²) in [6, 6.07) is 4.37. The minimum absolute atomic E-state index is 0.117. The molecular formula is C10H10BrFO. The van der Waals surface area contributed by atoms with E-state index in [0.29, 0.717) is 18.4 Å². The van der Waals surface area contributed by atoms with Crippen LogP contribution >= 0.6 is 15.9 Å². The van der Waals surface area contributed by atoms with Crippen LogP contribution in [0.5, 0.6) is 0 Å². The highest BCUT2D eigenvalue weighted by Gasteiger charge is 2.05. The predicted octanol–water partition coefficient (Wildman–Crippen LogP) is 3.11. The van der Waals surface area contributed by atoms with E-state index in [-0.39, 0.29) is 11.6 Å². The summed E-state index contributed by atoms with van der Waals surface area (Å²) >= 11 is 3.27. The largest absolute Gasteiger partial charge is 0.299 e. The Balaban J connectivity index is 2.87. The fraction of sp³-hybridized carbons (Fsp3) is 0.300. The summed E-state index contributed by atoms with van der Waals surface area (Å²) in [4.78, 5) is 11.1. The molecule has 1 nitrogen and oxygen atoms in total. The van der Waals surface area contributed by atoms with Gasteiger partial charge in [-0.2, -0.15) is 0 Å². The van der Waals surface area contributed by atoms with E-state index in [1.807, 2.05) is 0 Å². The number of hydrogen-bond donors (Lipinski definition) is 0. The molecule has 1 aromatic rings. The Labute approximate surface area is 85.1 Å². The molecule has 0 unspecified atom stereocenters. The van der Waals surface area contributed by atoms with Gasteiger partial charge in [-0.3, -0.25) is 4.79 Å². The summed E-state index contributed by atoms with van der Waals surface area (Å²) in [7, 11) is 0. The molecule has 0 heterocycles. The van der Waals surface area contributed by atoms with Crippen LogP contribution in [0.25, 0.3) is 0 Å². The zero-order valence-electron chi connectivity index (χ0n) is 7.31. The van der Waals surface area contributed by atoms with Gasteiger partial charge in [0, 0.05) is 17.3 Å². The number of Topliss-reactive ketones (excluding diaryl/α,β-unsaturated/α-hetero) is 1. The highest BCUT2D eigenvalue weighted by molar-refractivity contribution is 9.10. The van der Waals surface area contributed by atoms with Gasteiger partial charge in [-0.1, -0.05) is 22.9 Å². The number of carbonyl (C=O) groups excluding carboxylic acids is 1. The molecule has 0 fully saturated rings. The molecular weight excluding hydrogens is 235 g/mol. The van der Waals surface area contributed by atoms with Gasteiger partial charge in [-0.25, -0.2) is 4.39 Å². The Morgan fingerprint density at radius 1 is 1.54 bits per heavy atom. The second kappa shape index (κ2) is 4.51. The lowest BCUT2D eigenvalue weighted by molar-refractivity contribution is -0.118. The summed E-state index contributed by atoms with van der Waals surface area (Å²) in [5.74, 6) is -0.187. The van der Waals surface area contributed by atoms with Crippen molar-refractivity contribution in [2.45, 2.75) is 19.8 Å². The lowest BCUT2D eigenvalue weighted by Gasteiger charge is -2.02. The number of rotatable bonds is 3. The Kier molecular flexibility index (Phi) is 3.60. The second-order valence-corrected chi connectivity index (χ2v) is 3.66. The maximum Gasteiger partial charge on any atom is 0.137 e. The fourth-order valence-corrected chi connectivity index (χ4v) is 1.40. The van der Waals surface area contributed by atoms with Crippen molar-refractivity contribution >= 4 is 21.7 Å². The van der Waals surface area contributed by atoms with Crippen molar-refractivity contribution in [3.05, 3.63) is 34.1 Å². The average Bonchev–Trinajstić information content (AvgIpc) is 2.11. The van der Waals surface area contributed by atoms with E-state index < -0.39 is 0 Å². The van der Waals surface area contributed by atoms with Crippen LogP contribution in [0.4, 0.5) is 4.39 Å². The van der Waals surface area contributed by atoms with Gasteiger partial charge in [-0.05, 0) is 23.8 Å². The minimum Gasteiger partial charge on any atom is -0.299 e. The van der Waals surface area contributed by atoms with Gasteiger partial charge in [0.25, 0.3) is 0 Å². The van der Waals surface area contributed by atoms with Crippen molar-refractivity contribution in [3.8, 4) is 0 Å². The quantitative estimate of drug-likeness (QED) is 0.799. The first kappa shape index (κ1) is 10.4. The molecule has 1 aromatic carbocycles. The summed E-state index contributed by atoms with van der Waals surface area (Å²) in [6.07, 6.45) is 0.789. The molecule has 0 atom stereocenters. The summed E-state index contributed by atoms with van der Waals surface area (Å²) in [5.41, 5.74) is 0.715. The van der Waals surface area contributed by atoms with Gasteiger partial charge in [-0.15, -0.1) is 0 Å². The van der Waals surface area contributed by atoms with Gasteiger partial charge in [0.1, 0.15) is 11.6 Å². The van der Waals surface area contributed by atoms with E-state index in [1.54, 1.807) is 13.0 Å². The minimum atomic E-state index is -0.304. The van der Waals surface area contributed by atoms with E-state index in [1.165, 1.54) is 12.1 Å². The van der Waals surface area contributed by atoms with Gasteiger partial charge < -0.3 is 0 Å². The first-order valence-electron chi connectivity index (χ1n) is 4.09. The Morgan fingerprint density at radius 2 is 2.23 bits per heavy atom. The van der Waals surface area contributed by atoms with Crippen molar-refractivity contribution in [1.29, 1.82) is 0 Å². The second-order valence-electron chi connectivity index (χ2n) is 2.80. The smallest absolute Gasteiger partial charge is 0.137 e. The Bertz CT molecular complexity index is 323. The monoisotopic (exact) mass is 244 g/mol. The lowest BCUT2D eigenvalue weighted by atomic mass is 10.1. The molecule has 0 aliphatic carbocycles. The molecule has 0 radical (unpaired) electrons. The molecule has 70 valence electrons. The summed E-state index contributed by atoms with van der Waals surface area (Å²) in [6.45, 7) is 1.80. The SMILES string of the molecule is CCC(=O)Cc1cc(F)ccc1Br. The first-order chi connectivity index (χ1) is 6.13. The predicted molar refractivity (Wildman–Crippen MR) is 53.1 cm³/mol. The van der Waals surface area contributed by atoms with Crippen LogP contribution in [0.1, 0.15) is 18.9 Å². The van der Waals surface area contributed by atoms with Crippen LogP contribution in [0, 0.1) is 5.82 Å². The van der Waals surface area contributed by atoms with E-state index in [4.69, 9.17) is 0 Å². The molecule has 0 aliphatic heterocycles. The molecule has 0 amide bonds. The molecule has 0 saturated carbocycles. The normalized spacial score (nSPS) is 10.1. The molecule has 0 aliphatic rings. The van der Waals surface area contributed by atoms with Gasteiger partial charge in [0.2, 0.25) is 0 Å². The topological polar surface area (TPSA) is 17.1 Å². The van der Waals surface area contributed by atoms with Crippen LogP contribution in [-0.4, -0.2) is 5.78 Å². The van der Waals surface area contributed by atoms with Gasteiger partial charge >= 0.3 is 0 Å². The molecule has 3 heteroatoms. The molecule has 1 rings (SSSR count). The van der Waals surface area contributed by atoms with Crippen LogP contribution < -0.4 is 0 Å². The third-order valence-electron chi connectivity index (χ3n) is 1.79. The first-order valence-corrected chi connectivity index (χ1v) is 4.88. The van der Waals surface area contributed by atoms with Gasteiger partial charge in [0.15, 0.2) is 0 Å². The number of hydrogen-bond acceptors (Lipinski definition) is 1. The third kappa shape index (κ3) is 2.92. The van der Waals surface area contributed by atoms with Crippen LogP contribution in [0.3, 0.4) is 0 Å². The zero-order chi connectivity index (χ0) is 9.84. The molecule has 0 N–H and O–H groups in total. The Morgan fingerprint density at radius 3 is 2.85 bits per heavy atom. The van der Waals surface area contributed by atoms with Crippen molar-refractivity contribution in [2.75, 3.05) is 0 Å². The van der Waals surface area contributed by atoms with E-state index in [0.717, 1.165) is 4.47 Å². The van der Waals surface area contributed by atoms with Crippen molar-refractivity contribution in [1.82, 2.24) is 0 Å². The number of ketones is 1. The van der Waals surface area contributed by atoms with Crippen molar-refractivity contribution < 1.29 is 9.18 Å². The number of carbonyl (C=O) groups is 1. The molecule has 13 heavy (non-hydrogen) atoms. The van der Waals surface area contributed by atoms with Gasteiger partial charge in [0.05, 0.1) is 0 Å². The van der Waals surface area contributed by atoms with Crippen LogP contribution in [0.2, 0.25) is 0 Å². The number of benzene rings is 1. The zero-order valence-corrected chi connectivity index (χ0v) is 8.90. The summed E-state index contributed by atoms with van der Waals surface area (Å²) < 4.78 is 13.6. The number of halogens is 2. The standard InChI is InChI=1S/C10H10BrFO/c1-2-9(13)6-7-5-8(12)3-4-10(7)11/h3-5H,2,6H2,1H3. The van der Waals surface area contributed by atoms with Crippen LogP contribution in [-0.2, 0) is 11.2 Å². The lowest BCUT2D eigenvalue weighted by Crippen LogP contribution is -2.01. The van der Waals surface area contributed by atoms with E-state index >= 15 is 0 Å². The van der Waals surface area contributed by atoms with Crippen molar-refractivity contribution in [2.24, 2.45) is 0 Å². The molecule has 0 aromatic heterocycles.